The van der Waals surface area contributed by atoms with Crippen LogP contribution < -0.4 is 20.7 Å². The van der Waals surface area contributed by atoms with Crippen LogP contribution in [0.4, 0.5) is 4.79 Å². The first-order chi connectivity index (χ1) is 15.3. The highest BCUT2D eigenvalue weighted by Crippen LogP contribution is 2.37. The van der Waals surface area contributed by atoms with Gasteiger partial charge in [0.1, 0.15) is 17.5 Å². The number of carbonyl (C=O) groups excluding carboxylic acids is 4. The van der Waals surface area contributed by atoms with E-state index in [1.165, 1.54) is 19.2 Å². The maximum absolute atomic E-state index is 12.9. The number of aromatic hydroxyl groups is 1. The number of methoxy groups -OCH3 is 1. The number of likely N-dealkylation sites (tertiary alicyclic amines) is 1. The van der Waals surface area contributed by atoms with Crippen molar-refractivity contribution in [2.75, 3.05) is 26.8 Å². The zero-order chi connectivity index (χ0) is 22.9. The molecular formula is C21H26N4O7. The van der Waals surface area contributed by atoms with Crippen molar-refractivity contribution in [2.24, 2.45) is 0 Å². The van der Waals surface area contributed by atoms with Crippen LogP contribution in [0.5, 0.6) is 11.5 Å². The molecule has 0 radical (unpaired) electrons. The number of piperidine rings is 1. The molecular weight excluding hydrogens is 420 g/mol. The molecule has 3 aliphatic rings. The molecule has 3 aliphatic heterocycles. The summed E-state index contributed by atoms with van der Waals surface area (Å²) in [4.78, 5) is 50.0. The van der Waals surface area contributed by atoms with Crippen molar-refractivity contribution in [3.63, 3.8) is 0 Å². The number of amides is 5. The zero-order valence-electron chi connectivity index (χ0n) is 17.7. The highest BCUT2D eigenvalue weighted by molar-refractivity contribution is 6.05. The van der Waals surface area contributed by atoms with Gasteiger partial charge in [0.15, 0.2) is 0 Å². The van der Waals surface area contributed by atoms with Gasteiger partial charge < -0.3 is 30.1 Å². The van der Waals surface area contributed by atoms with Crippen LogP contribution in [-0.2, 0) is 14.3 Å². The van der Waals surface area contributed by atoms with Gasteiger partial charge in [-0.25, -0.2) is 4.79 Å². The van der Waals surface area contributed by atoms with Gasteiger partial charge in [0, 0.05) is 19.7 Å². The number of rotatable bonds is 5. The minimum atomic E-state index is -0.879. The molecule has 0 aromatic heterocycles. The second kappa shape index (κ2) is 8.65. The summed E-state index contributed by atoms with van der Waals surface area (Å²) in [5.74, 6) is -0.787. The first-order valence-corrected chi connectivity index (χ1v) is 10.5. The van der Waals surface area contributed by atoms with Crippen molar-refractivity contribution in [2.45, 2.75) is 43.4 Å². The van der Waals surface area contributed by atoms with E-state index in [0.29, 0.717) is 44.7 Å². The van der Waals surface area contributed by atoms with Crippen LogP contribution in [0.2, 0.25) is 0 Å². The zero-order valence-corrected chi connectivity index (χ0v) is 17.7. The maximum atomic E-state index is 12.9. The molecule has 3 saturated heterocycles. The molecule has 0 saturated carbocycles. The Morgan fingerprint density at radius 3 is 2.72 bits per heavy atom. The lowest BCUT2D eigenvalue weighted by Gasteiger charge is -2.42. The molecule has 2 unspecified atom stereocenters. The topological polar surface area (TPSA) is 146 Å². The summed E-state index contributed by atoms with van der Waals surface area (Å²) in [5.41, 5.74) is -0.418. The predicted octanol–water partition coefficient (Wildman–Crippen LogP) is -0.121. The number of urea groups is 1. The molecule has 32 heavy (non-hydrogen) atoms. The van der Waals surface area contributed by atoms with Crippen molar-refractivity contribution in [1.82, 2.24) is 20.9 Å². The summed E-state index contributed by atoms with van der Waals surface area (Å²) in [6.45, 7) is 1.29. The SMILES string of the molecule is COc1ccc(O)c(C(=O)N2CCC3(CC2)OCCC3NC(=O)CC2NC(=O)NC2=O)c1. The lowest BCUT2D eigenvalue weighted by atomic mass is 9.84. The Bertz CT molecular complexity index is 942. The number of imide groups is 1. The molecule has 1 aromatic carbocycles. The third-order valence-electron chi connectivity index (χ3n) is 6.35. The molecule has 1 spiro atoms. The third kappa shape index (κ3) is 4.20. The fourth-order valence-corrected chi connectivity index (χ4v) is 4.55. The lowest BCUT2D eigenvalue weighted by molar-refractivity contribution is -0.128. The average molecular weight is 446 g/mol. The van der Waals surface area contributed by atoms with Gasteiger partial charge >= 0.3 is 6.03 Å². The van der Waals surface area contributed by atoms with Gasteiger partial charge in [0.2, 0.25) is 5.91 Å². The summed E-state index contributed by atoms with van der Waals surface area (Å²) in [6.07, 6.45) is 1.52. The molecule has 2 atom stereocenters. The summed E-state index contributed by atoms with van der Waals surface area (Å²) in [7, 11) is 1.49. The monoisotopic (exact) mass is 446 g/mol. The molecule has 0 aliphatic carbocycles. The molecule has 11 nitrogen and oxygen atoms in total. The Morgan fingerprint density at radius 2 is 2.06 bits per heavy atom. The molecule has 3 fully saturated rings. The van der Waals surface area contributed by atoms with Crippen LogP contribution in [0, 0.1) is 0 Å². The average Bonchev–Trinajstić information content (AvgIpc) is 3.30. The number of hydrogen-bond donors (Lipinski definition) is 4. The molecule has 172 valence electrons. The second-order valence-electron chi connectivity index (χ2n) is 8.22. The molecule has 0 bridgehead atoms. The van der Waals surface area contributed by atoms with E-state index in [9.17, 15) is 24.3 Å². The number of nitrogens with zero attached hydrogens (tertiary/aromatic N) is 1. The van der Waals surface area contributed by atoms with Crippen molar-refractivity contribution in [3.8, 4) is 11.5 Å². The summed E-state index contributed by atoms with van der Waals surface area (Å²) in [5, 5.41) is 17.6. The van der Waals surface area contributed by atoms with Crippen LogP contribution in [0.15, 0.2) is 18.2 Å². The van der Waals surface area contributed by atoms with Gasteiger partial charge in [-0.3, -0.25) is 19.7 Å². The predicted molar refractivity (Wildman–Crippen MR) is 110 cm³/mol. The number of ether oxygens (including phenoxy) is 2. The van der Waals surface area contributed by atoms with Gasteiger partial charge in [0.05, 0.1) is 30.7 Å². The summed E-state index contributed by atoms with van der Waals surface area (Å²) in [6, 6.07) is 2.78. The molecule has 3 heterocycles. The van der Waals surface area contributed by atoms with Gasteiger partial charge in [-0.2, -0.15) is 0 Å². The Kier molecular flexibility index (Phi) is 5.92. The first-order valence-electron chi connectivity index (χ1n) is 10.5. The van der Waals surface area contributed by atoms with E-state index in [4.69, 9.17) is 9.47 Å². The molecule has 11 heteroatoms. The fourth-order valence-electron chi connectivity index (χ4n) is 4.55. The normalized spacial score (nSPS) is 24.2. The van der Waals surface area contributed by atoms with Gasteiger partial charge in [-0.05, 0) is 37.5 Å². The van der Waals surface area contributed by atoms with Gasteiger partial charge in [-0.1, -0.05) is 0 Å². The Morgan fingerprint density at radius 1 is 1.31 bits per heavy atom. The highest BCUT2D eigenvalue weighted by atomic mass is 16.5. The van der Waals surface area contributed by atoms with E-state index in [1.54, 1.807) is 11.0 Å². The van der Waals surface area contributed by atoms with Crippen LogP contribution in [0.1, 0.15) is 36.0 Å². The number of carbonyl (C=O) groups is 4. The number of phenols is 1. The Labute approximate surface area is 184 Å². The first kappa shape index (κ1) is 21.9. The Hall–Kier alpha value is -3.34. The van der Waals surface area contributed by atoms with E-state index in [-0.39, 0.29) is 35.6 Å². The van der Waals surface area contributed by atoms with E-state index in [1.807, 2.05) is 0 Å². The van der Waals surface area contributed by atoms with Crippen LogP contribution >= 0.6 is 0 Å². The fraction of sp³-hybridized carbons (Fsp3) is 0.524. The molecule has 4 N–H and O–H groups in total. The maximum Gasteiger partial charge on any atom is 0.322 e. The lowest BCUT2D eigenvalue weighted by Crippen LogP contribution is -2.56. The van der Waals surface area contributed by atoms with Crippen molar-refractivity contribution < 1.29 is 33.8 Å². The van der Waals surface area contributed by atoms with Crippen LogP contribution in [0.3, 0.4) is 0 Å². The third-order valence-corrected chi connectivity index (χ3v) is 6.35. The minimum Gasteiger partial charge on any atom is -0.507 e. The quantitative estimate of drug-likeness (QED) is 0.461. The highest BCUT2D eigenvalue weighted by Gasteiger charge is 2.48. The summed E-state index contributed by atoms with van der Waals surface area (Å²) < 4.78 is 11.2. The number of benzene rings is 1. The summed E-state index contributed by atoms with van der Waals surface area (Å²) >= 11 is 0. The minimum absolute atomic E-state index is 0.110. The van der Waals surface area contributed by atoms with E-state index in [0.717, 1.165) is 0 Å². The largest absolute Gasteiger partial charge is 0.507 e. The van der Waals surface area contributed by atoms with Gasteiger partial charge in [-0.15, -0.1) is 0 Å². The number of phenolic OH excluding ortho intramolecular Hbond substituents is 1. The van der Waals surface area contributed by atoms with Crippen LogP contribution in [-0.4, -0.2) is 78.3 Å². The molecule has 1 aromatic rings. The number of hydrogen-bond acceptors (Lipinski definition) is 7. The van der Waals surface area contributed by atoms with Crippen molar-refractivity contribution in [3.05, 3.63) is 23.8 Å². The smallest absolute Gasteiger partial charge is 0.322 e. The van der Waals surface area contributed by atoms with E-state index in [2.05, 4.69) is 16.0 Å². The second-order valence-corrected chi connectivity index (χ2v) is 8.22. The van der Waals surface area contributed by atoms with E-state index >= 15 is 0 Å². The molecule has 4 rings (SSSR count). The van der Waals surface area contributed by atoms with Crippen LogP contribution in [0.25, 0.3) is 0 Å². The van der Waals surface area contributed by atoms with Gasteiger partial charge in [0.25, 0.3) is 11.8 Å². The molecule has 5 amide bonds. The van der Waals surface area contributed by atoms with E-state index < -0.39 is 23.6 Å². The Balaban J connectivity index is 1.36. The standard InChI is InChI=1S/C21H26N4O7/c1-31-12-2-3-15(26)13(10-12)19(29)25-7-5-21(6-8-25)16(4-9-32-21)23-17(27)11-14-18(28)24-20(30)22-14/h2-3,10,14,16,26H,4-9,11H2,1H3,(H,23,27)(H2,22,24,28,30). The number of nitrogens with one attached hydrogen (secondary N) is 3. The van der Waals surface area contributed by atoms with Crippen molar-refractivity contribution in [1.29, 1.82) is 0 Å². The van der Waals surface area contributed by atoms with Crippen molar-refractivity contribution >= 4 is 23.8 Å².